The number of carbonyl (C=O) groups excluding carboxylic acids is 2. The average Bonchev–Trinajstić information content (AvgIpc) is 2.44. The third kappa shape index (κ3) is 2.89. The Morgan fingerprint density at radius 3 is 2.19 bits per heavy atom. The number of aliphatic hydroxyl groups excluding tert-OH is 1. The van der Waals surface area contributed by atoms with Gasteiger partial charge in [-0.1, -0.05) is 0 Å². The molecule has 0 amide bonds. The molecule has 1 rings (SSSR count). The first-order chi connectivity index (χ1) is 7.45. The fourth-order valence-corrected chi connectivity index (χ4v) is 1.48. The largest absolute Gasteiger partial charge is 0.455 e. The number of hydrogen-bond acceptors (Lipinski definition) is 6. The third-order valence-electron chi connectivity index (χ3n) is 2.04. The van der Waals surface area contributed by atoms with E-state index in [1.165, 1.54) is 0 Å². The molecule has 1 aliphatic rings. The van der Waals surface area contributed by atoms with Crippen LogP contribution in [0.25, 0.3) is 0 Å². The zero-order valence-corrected chi connectivity index (χ0v) is 8.88. The Balaban J connectivity index is 2.76. The Morgan fingerprint density at radius 2 is 1.75 bits per heavy atom. The highest BCUT2D eigenvalue weighted by molar-refractivity contribution is 5.67. The van der Waals surface area contributed by atoms with Gasteiger partial charge < -0.3 is 19.3 Å². The predicted octanol–water partition coefficient (Wildman–Crippen LogP) is -0.464. The summed E-state index contributed by atoms with van der Waals surface area (Å²) in [5.41, 5.74) is 0. The highest BCUT2D eigenvalue weighted by Gasteiger charge is 2.48. The summed E-state index contributed by atoms with van der Waals surface area (Å²) in [5.74, 6) is -1.34. The molecule has 0 saturated carbocycles. The molecule has 0 bridgehead atoms. The summed E-state index contributed by atoms with van der Waals surface area (Å²) in [5, 5.41) is 9.37. The average molecular weight is 236 g/mol. The van der Waals surface area contributed by atoms with Crippen LogP contribution in [0.3, 0.4) is 0 Å². The lowest BCUT2D eigenvalue weighted by atomic mass is 10.1. The summed E-state index contributed by atoms with van der Waals surface area (Å²) in [6.45, 7) is 1.30. The van der Waals surface area contributed by atoms with Crippen LogP contribution in [0.1, 0.15) is 13.8 Å². The van der Waals surface area contributed by atoms with Crippen molar-refractivity contribution in [3.05, 3.63) is 0 Å². The number of esters is 2. The van der Waals surface area contributed by atoms with E-state index in [9.17, 15) is 19.1 Å². The van der Waals surface area contributed by atoms with E-state index >= 15 is 0 Å². The van der Waals surface area contributed by atoms with Crippen molar-refractivity contribution in [2.75, 3.05) is 6.67 Å². The standard InChI is InChI=1S/C9H13FO6/c1-4(11)14-7-6(3-10)16-9(13)8(7)15-5(2)12/h6-9,13H,3H2,1-2H3/t6-,7-,8+,9-/m0/s1. The minimum absolute atomic E-state index is 0.668. The first-order valence-corrected chi connectivity index (χ1v) is 4.69. The minimum Gasteiger partial charge on any atom is -0.455 e. The van der Waals surface area contributed by atoms with Crippen LogP contribution in [0.4, 0.5) is 4.39 Å². The van der Waals surface area contributed by atoms with Crippen LogP contribution in [0.15, 0.2) is 0 Å². The van der Waals surface area contributed by atoms with Crippen LogP contribution in [0, 0.1) is 0 Å². The van der Waals surface area contributed by atoms with Crippen molar-refractivity contribution in [2.45, 2.75) is 38.4 Å². The van der Waals surface area contributed by atoms with E-state index in [0.717, 1.165) is 13.8 Å². The lowest BCUT2D eigenvalue weighted by Gasteiger charge is -2.20. The van der Waals surface area contributed by atoms with Gasteiger partial charge in [0, 0.05) is 13.8 Å². The van der Waals surface area contributed by atoms with E-state index in [1.54, 1.807) is 0 Å². The van der Waals surface area contributed by atoms with Gasteiger partial charge in [0.25, 0.3) is 0 Å². The molecule has 0 aliphatic carbocycles. The smallest absolute Gasteiger partial charge is 0.303 e. The van der Waals surface area contributed by atoms with Crippen molar-refractivity contribution in [3.8, 4) is 0 Å². The lowest BCUT2D eigenvalue weighted by molar-refractivity contribution is -0.174. The third-order valence-corrected chi connectivity index (χ3v) is 2.04. The number of alkyl halides is 1. The van der Waals surface area contributed by atoms with Gasteiger partial charge in [-0.2, -0.15) is 0 Å². The van der Waals surface area contributed by atoms with Crippen molar-refractivity contribution in [3.63, 3.8) is 0 Å². The van der Waals surface area contributed by atoms with Gasteiger partial charge >= 0.3 is 11.9 Å². The van der Waals surface area contributed by atoms with Gasteiger partial charge in [0.05, 0.1) is 0 Å². The van der Waals surface area contributed by atoms with E-state index in [2.05, 4.69) is 0 Å². The molecule has 0 aromatic rings. The number of carbonyl (C=O) groups is 2. The SMILES string of the molecule is CC(=O)O[C@@H]1[C@@H](OC(C)=O)[C@@H](O)O[C@H]1CF. The Hall–Kier alpha value is -1.21. The van der Waals surface area contributed by atoms with E-state index < -0.39 is 43.2 Å². The van der Waals surface area contributed by atoms with Crippen LogP contribution in [-0.2, 0) is 23.8 Å². The summed E-state index contributed by atoms with van der Waals surface area (Å²) in [6, 6.07) is 0. The second-order valence-corrected chi connectivity index (χ2v) is 3.37. The maximum atomic E-state index is 12.5. The van der Waals surface area contributed by atoms with Crippen LogP contribution in [0.5, 0.6) is 0 Å². The summed E-state index contributed by atoms with van der Waals surface area (Å²) in [6.07, 6.45) is -4.93. The first-order valence-electron chi connectivity index (χ1n) is 4.69. The topological polar surface area (TPSA) is 82.1 Å². The molecule has 0 radical (unpaired) electrons. The molecule has 16 heavy (non-hydrogen) atoms. The molecule has 6 nitrogen and oxygen atoms in total. The van der Waals surface area contributed by atoms with Gasteiger partial charge in [0.2, 0.25) is 0 Å². The fraction of sp³-hybridized carbons (Fsp3) is 0.778. The monoisotopic (exact) mass is 236 g/mol. The van der Waals surface area contributed by atoms with Crippen LogP contribution < -0.4 is 0 Å². The number of hydrogen-bond donors (Lipinski definition) is 1. The quantitative estimate of drug-likeness (QED) is 0.667. The van der Waals surface area contributed by atoms with Gasteiger partial charge in [-0.15, -0.1) is 0 Å². The molecule has 0 aromatic heterocycles. The van der Waals surface area contributed by atoms with E-state index in [1.807, 2.05) is 0 Å². The Morgan fingerprint density at radius 1 is 1.25 bits per heavy atom. The molecule has 1 fully saturated rings. The van der Waals surface area contributed by atoms with Gasteiger partial charge in [0.1, 0.15) is 12.8 Å². The number of rotatable bonds is 3. The van der Waals surface area contributed by atoms with Crippen LogP contribution >= 0.6 is 0 Å². The van der Waals surface area contributed by atoms with Crippen molar-refractivity contribution in [1.29, 1.82) is 0 Å². The van der Waals surface area contributed by atoms with Crippen molar-refractivity contribution >= 4 is 11.9 Å². The highest BCUT2D eigenvalue weighted by Crippen LogP contribution is 2.25. The molecular weight excluding hydrogens is 223 g/mol. The van der Waals surface area contributed by atoms with Gasteiger partial charge in [-0.25, -0.2) is 4.39 Å². The van der Waals surface area contributed by atoms with E-state index in [-0.39, 0.29) is 0 Å². The van der Waals surface area contributed by atoms with Gasteiger partial charge in [-0.3, -0.25) is 9.59 Å². The maximum Gasteiger partial charge on any atom is 0.303 e. The molecule has 0 aromatic carbocycles. The van der Waals surface area contributed by atoms with E-state index in [0.29, 0.717) is 0 Å². The Labute approximate surface area is 91.3 Å². The molecule has 4 atom stereocenters. The van der Waals surface area contributed by atoms with Crippen molar-refractivity contribution in [2.24, 2.45) is 0 Å². The molecule has 1 heterocycles. The highest BCUT2D eigenvalue weighted by atomic mass is 19.1. The van der Waals surface area contributed by atoms with Crippen LogP contribution in [-0.4, -0.2) is 48.3 Å². The van der Waals surface area contributed by atoms with Crippen molar-refractivity contribution < 1.29 is 33.3 Å². The van der Waals surface area contributed by atoms with E-state index in [4.69, 9.17) is 14.2 Å². The molecule has 0 unspecified atom stereocenters. The summed E-state index contributed by atoms with van der Waals surface area (Å²) in [7, 11) is 0. The predicted molar refractivity (Wildman–Crippen MR) is 48.0 cm³/mol. The number of ether oxygens (including phenoxy) is 3. The molecule has 1 N–H and O–H groups in total. The Kier molecular flexibility index (Phi) is 4.19. The lowest BCUT2D eigenvalue weighted by Crippen LogP contribution is -2.40. The maximum absolute atomic E-state index is 12.5. The fourth-order valence-electron chi connectivity index (χ4n) is 1.48. The molecule has 0 spiro atoms. The zero-order chi connectivity index (χ0) is 12.3. The second-order valence-electron chi connectivity index (χ2n) is 3.37. The minimum atomic E-state index is -1.49. The second kappa shape index (κ2) is 5.22. The summed E-state index contributed by atoms with van der Waals surface area (Å²) >= 11 is 0. The van der Waals surface area contributed by atoms with Gasteiger partial charge in [-0.05, 0) is 0 Å². The first kappa shape index (κ1) is 12.9. The molecule has 92 valence electrons. The molecule has 7 heteroatoms. The zero-order valence-electron chi connectivity index (χ0n) is 8.88. The normalized spacial score (nSPS) is 33.5. The summed E-state index contributed by atoms with van der Waals surface area (Å²) < 4.78 is 26.7. The number of halogens is 1. The van der Waals surface area contributed by atoms with Gasteiger partial charge in [0.15, 0.2) is 18.5 Å². The summed E-state index contributed by atoms with van der Waals surface area (Å²) in [4.78, 5) is 21.5. The molecule has 1 aliphatic heterocycles. The van der Waals surface area contributed by atoms with Crippen LogP contribution in [0.2, 0.25) is 0 Å². The Bertz CT molecular complexity index is 281. The van der Waals surface area contributed by atoms with Crippen molar-refractivity contribution in [1.82, 2.24) is 0 Å². The molecule has 1 saturated heterocycles. The number of aliphatic hydroxyl groups is 1. The molecular formula is C9H13FO6.